The number of fused-ring (bicyclic) bond motifs is 13. The Bertz CT molecular complexity index is 2740. The van der Waals surface area contributed by atoms with Crippen molar-refractivity contribution in [3.63, 3.8) is 0 Å². The van der Waals surface area contributed by atoms with E-state index in [1.807, 2.05) is 0 Å². The van der Waals surface area contributed by atoms with Crippen LogP contribution in [-0.2, 0) is 10.8 Å². The van der Waals surface area contributed by atoms with E-state index >= 15 is 0 Å². The molecule has 0 unspecified atom stereocenters. The van der Waals surface area contributed by atoms with Crippen molar-refractivity contribution >= 4 is 43.5 Å². The van der Waals surface area contributed by atoms with E-state index in [4.69, 9.17) is 4.42 Å². The first-order chi connectivity index (χ1) is 24.8. The highest BCUT2D eigenvalue weighted by atomic mass is 16.3. The zero-order valence-electron chi connectivity index (χ0n) is 29.3. The molecule has 0 bridgehead atoms. The van der Waals surface area contributed by atoms with E-state index < -0.39 is 0 Å². The summed E-state index contributed by atoms with van der Waals surface area (Å²) in [5.74, 6) is 0. The zero-order chi connectivity index (χ0) is 34.2. The third-order valence-corrected chi connectivity index (χ3v) is 12.2. The molecule has 1 aromatic heterocycles. The fourth-order valence-electron chi connectivity index (χ4n) is 9.64. The van der Waals surface area contributed by atoms with Gasteiger partial charge in [0.1, 0.15) is 11.2 Å². The SMILES string of the molecule is CC1(C)c2cc3oc4cc5c(cc4c3cc2-c2c1cc(-c1ccccc1)c1ccccc21)-c1c(cc(-c2ccccc2)c2ccccc12)C5(C)C. The normalized spacial score (nSPS) is 15.0. The van der Waals surface area contributed by atoms with Crippen LogP contribution < -0.4 is 0 Å². The minimum atomic E-state index is -0.177. The van der Waals surface area contributed by atoms with Crippen LogP contribution in [0.3, 0.4) is 0 Å². The molecule has 0 radical (unpaired) electrons. The fourth-order valence-corrected chi connectivity index (χ4v) is 9.64. The quantitative estimate of drug-likeness (QED) is 0.181. The molecule has 0 amide bonds. The van der Waals surface area contributed by atoms with Gasteiger partial charge in [-0.05, 0) is 125 Å². The average Bonchev–Trinajstić information content (AvgIpc) is 3.71. The van der Waals surface area contributed by atoms with Crippen LogP contribution in [0, 0.1) is 0 Å². The summed E-state index contributed by atoms with van der Waals surface area (Å²) >= 11 is 0. The number of hydrogen-bond acceptors (Lipinski definition) is 1. The van der Waals surface area contributed by atoms with E-state index in [-0.39, 0.29) is 10.8 Å². The largest absolute Gasteiger partial charge is 0.456 e. The fraction of sp³-hybridized carbons (Fsp3) is 0.120. The first-order valence-electron chi connectivity index (χ1n) is 18.1. The van der Waals surface area contributed by atoms with Crippen molar-refractivity contribution in [1.29, 1.82) is 0 Å². The molecule has 0 saturated carbocycles. The second kappa shape index (κ2) is 9.86. The smallest absolute Gasteiger partial charge is 0.135 e. The highest BCUT2D eigenvalue weighted by Crippen LogP contribution is 2.57. The third kappa shape index (κ3) is 3.76. The number of rotatable bonds is 2. The molecule has 0 fully saturated rings. The molecule has 2 aliphatic carbocycles. The van der Waals surface area contributed by atoms with E-state index in [1.165, 1.54) is 99.1 Å². The van der Waals surface area contributed by atoms with Gasteiger partial charge in [0.15, 0.2) is 0 Å². The second-order valence-corrected chi connectivity index (χ2v) is 15.7. The maximum Gasteiger partial charge on any atom is 0.135 e. The summed E-state index contributed by atoms with van der Waals surface area (Å²) in [5, 5.41) is 7.57. The molecular formula is C50H36O. The van der Waals surface area contributed by atoms with Gasteiger partial charge in [0.2, 0.25) is 0 Å². The van der Waals surface area contributed by atoms with Crippen LogP contribution in [-0.4, -0.2) is 0 Å². The van der Waals surface area contributed by atoms with Crippen LogP contribution in [0.15, 0.2) is 150 Å². The maximum atomic E-state index is 6.85. The lowest BCUT2D eigenvalue weighted by molar-refractivity contribution is 0.641. The molecular weight excluding hydrogens is 617 g/mol. The molecule has 1 nitrogen and oxygen atoms in total. The van der Waals surface area contributed by atoms with Gasteiger partial charge in [-0.2, -0.15) is 0 Å². The molecule has 11 rings (SSSR count). The molecule has 0 N–H and O–H groups in total. The molecule has 0 aliphatic heterocycles. The molecule has 1 heteroatoms. The predicted octanol–water partition coefficient (Wildman–Crippen LogP) is 13.8. The maximum absolute atomic E-state index is 6.85. The Balaban J connectivity index is 1.18. The van der Waals surface area contributed by atoms with Crippen LogP contribution in [0.4, 0.5) is 0 Å². The topological polar surface area (TPSA) is 13.1 Å². The zero-order valence-corrected chi connectivity index (χ0v) is 29.3. The molecule has 2 aliphatic rings. The van der Waals surface area contributed by atoms with Crippen LogP contribution in [0.5, 0.6) is 0 Å². The molecule has 0 saturated heterocycles. The molecule has 242 valence electrons. The summed E-state index contributed by atoms with van der Waals surface area (Å²) in [4.78, 5) is 0. The van der Waals surface area contributed by atoms with Crippen molar-refractivity contribution in [2.45, 2.75) is 38.5 Å². The van der Waals surface area contributed by atoms with E-state index in [9.17, 15) is 0 Å². The summed E-state index contributed by atoms with van der Waals surface area (Å²) < 4.78 is 6.85. The first kappa shape index (κ1) is 28.9. The van der Waals surface area contributed by atoms with Crippen LogP contribution in [0.25, 0.3) is 88.0 Å². The minimum Gasteiger partial charge on any atom is -0.456 e. The Morgan fingerprint density at radius 1 is 0.333 bits per heavy atom. The molecule has 9 aromatic rings. The van der Waals surface area contributed by atoms with Crippen LogP contribution >= 0.6 is 0 Å². The van der Waals surface area contributed by atoms with Crippen molar-refractivity contribution < 1.29 is 4.42 Å². The second-order valence-electron chi connectivity index (χ2n) is 15.7. The van der Waals surface area contributed by atoms with Crippen molar-refractivity contribution in [1.82, 2.24) is 0 Å². The number of hydrogen-bond donors (Lipinski definition) is 0. The van der Waals surface area contributed by atoms with Crippen molar-refractivity contribution in [2.24, 2.45) is 0 Å². The summed E-state index contributed by atoms with van der Waals surface area (Å²) in [7, 11) is 0. The van der Waals surface area contributed by atoms with E-state index in [1.54, 1.807) is 0 Å². The predicted molar refractivity (Wildman–Crippen MR) is 215 cm³/mol. The molecule has 51 heavy (non-hydrogen) atoms. The Labute approximate surface area is 297 Å². The lowest BCUT2D eigenvalue weighted by Crippen LogP contribution is -2.15. The van der Waals surface area contributed by atoms with Crippen LogP contribution in [0.1, 0.15) is 49.9 Å². The highest BCUT2D eigenvalue weighted by Gasteiger charge is 2.40. The first-order valence-corrected chi connectivity index (χ1v) is 18.1. The lowest BCUT2D eigenvalue weighted by atomic mass is 9.80. The van der Waals surface area contributed by atoms with Crippen molar-refractivity contribution in [3.8, 4) is 44.5 Å². The third-order valence-electron chi connectivity index (χ3n) is 12.2. The van der Waals surface area contributed by atoms with E-state index in [2.05, 4.69) is 173 Å². The van der Waals surface area contributed by atoms with E-state index in [0.29, 0.717) is 0 Å². The monoisotopic (exact) mass is 652 g/mol. The number of furan rings is 1. The minimum absolute atomic E-state index is 0.177. The lowest BCUT2D eigenvalue weighted by Gasteiger charge is -2.23. The molecule has 1 heterocycles. The molecule has 0 atom stereocenters. The van der Waals surface area contributed by atoms with Gasteiger partial charge in [0, 0.05) is 21.6 Å². The molecule has 0 spiro atoms. The Hall–Kier alpha value is -5.92. The highest BCUT2D eigenvalue weighted by molar-refractivity contribution is 6.16. The average molecular weight is 653 g/mol. The Morgan fingerprint density at radius 3 is 1.12 bits per heavy atom. The van der Waals surface area contributed by atoms with Gasteiger partial charge in [-0.3, -0.25) is 0 Å². The van der Waals surface area contributed by atoms with Crippen molar-refractivity contribution in [2.75, 3.05) is 0 Å². The summed E-state index contributed by atoms with van der Waals surface area (Å²) in [6.07, 6.45) is 0. The Morgan fingerprint density at radius 2 is 0.706 bits per heavy atom. The molecule has 8 aromatic carbocycles. The van der Waals surface area contributed by atoms with Gasteiger partial charge in [0.05, 0.1) is 0 Å². The standard InChI is InChI=1S/C50H36O/c1-49(2)41-27-45-37(23-39(41)47-33-21-13-11-19-31(33)35(25-43(47)49)29-15-7-5-8-16-29)38-24-40-42(28-46(38)51-45)50(3,4)44-26-36(30-17-9-6-10-18-30)32-20-12-14-22-34(32)48(40)44/h5-28H,1-4H3. The number of benzene rings is 8. The summed E-state index contributed by atoms with van der Waals surface area (Å²) in [5.41, 5.74) is 17.4. The van der Waals surface area contributed by atoms with Crippen LogP contribution in [0.2, 0.25) is 0 Å². The van der Waals surface area contributed by atoms with Gasteiger partial charge in [-0.1, -0.05) is 137 Å². The summed E-state index contributed by atoms with van der Waals surface area (Å²) in [6, 6.07) is 54.0. The van der Waals surface area contributed by atoms with Crippen molar-refractivity contribution in [3.05, 3.63) is 168 Å². The van der Waals surface area contributed by atoms with Gasteiger partial charge in [-0.25, -0.2) is 0 Å². The van der Waals surface area contributed by atoms with Gasteiger partial charge in [-0.15, -0.1) is 0 Å². The van der Waals surface area contributed by atoms with Gasteiger partial charge in [0.25, 0.3) is 0 Å². The summed E-state index contributed by atoms with van der Waals surface area (Å²) in [6.45, 7) is 9.49. The van der Waals surface area contributed by atoms with Gasteiger partial charge < -0.3 is 4.42 Å². The van der Waals surface area contributed by atoms with E-state index in [0.717, 1.165) is 11.2 Å². The Kier molecular flexibility index (Phi) is 5.58. The van der Waals surface area contributed by atoms with Gasteiger partial charge >= 0.3 is 0 Å².